The summed E-state index contributed by atoms with van der Waals surface area (Å²) >= 11 is 3.43. The fraction of sp³-hybridized carbons (Fsp3) is 0.562. The maximum absolute atomic E-state index is 11.4. The summed E-state index contributed by atoms with van der Waals surface area (Å²) in [4.78, 5) is 6.60. The second kappa shape index (κ2) is 10.7. The Labute approximate surface area is 177 Å². The van der Waals surface area contributed by atoms with Gasteiger partial charge in [-0.3, -0.25) is 4.99 Å². The van der Waals surface area contributed by atoms with Gasteiger partial charge in [0, 0.05) is 30.1 Å². The van der Waals surface area contributed by atoms with Crippen molar-refractivity contribution in [1.29, 1.82) is 0 Å². The lowest BCUT2D eigenvalue weighted by molar-refractivity contribution is 0.446. The molecule has 0 aliphatic rings. The van der Waals surface area contributed by atoms with Crippen LogP contribution in [0.3, 0.4) is 0 Å². The minimum absolute atomic E-state index is 0. The number of benzene rings is 1. The van der Waals surface area contributed by atoms with Crippen LogP contribution in [0.25, 0.3) is 0 Å². The normalized spacial score (nSPS) is 12.5. The van der Waals surface area contributed by atoms with Crippen molar-refractivity contribution in [2.45, 2.75) is 32.9 Å². The molecule has 1 aromatic carbocycles. The minimum atomic E-state index is -3.27. The molecule has 0 heterocycles. The van der Waals surface area contributed by atoms with E-state index in [1.165, 1.54) is 5.56 Å². The van der Waals surface area contributed by atoms with E-state index in [1.54, 1.807) is 0 Å². The van der Waals surface area contributed by atoms with Gasteiger partial charge in [0.2, 0.25) is 10.0 Å². The van der Waals surface area contributed by atoms with E-state index in [0.29, 0.717) is 13.1 Å². The van der Waals surface area contributed by atoms with Gasteiger partial charge in [0.05, 0.1) is 12.8 Å². The van der Waals surface area contributed by atoms with Gasteiger partial charge in [-0.1, -0.05) is 28.1 Å². The molecule has 0 aromatic heterocycles. The number of halogens is 2. The lowest BCUT2D eigenvalue weighted by atomic mass is 10.1. The molecule has 0 spiro atoms. The largest absolute Gasteiger partial charge is 0.357 e. The maximum atomic E-state index is 11.4. The summed E-state index contributed by atoms with van der Waals surface area (Å²) in [5.74, 6) is 0.740. The first-order chi connectivity index (χ1) is 11.0. The second-order valence-electron chi connectivity index (χ2n) is 6.41. The summed E-state index contributed by atoms with van der Waals surface area (Å²) < 4.78 is 26.5. The van der Waals surface area contributed by atoms with Gasteiger partial charge in [0.1, 0.15) is 0 Å². The number of guanidine groups is 1. The van der Waals surface area contributed by atoms with Crippen LogP contribution in [0, 0.1) is 0 Å². The Morgan fingerprint density at radius 2 is 1.84 bits per heavy atom. The van der Waals surface area contributed by atoms with Gasteiger partial charge in [-0.25, -0.2) is 13.1 Å². The number of hydrogen-bond donors (Lipinski definition) is 2. The molecule has 0 amide bonds. The van der Waals surface area contributed by atoms with Crippen molar-refractivity contribution in [3.8, 4) is 0 Å². The molecule has 2 N–H and O–H groups in total. The van der Waals surface area contributed by atoms with E-state index >= 15 is 0 Å². The van der Waals surface area contributed by atoms with Crippen molar-refractivity contribution in [1.82, 2.24) is 14.9 Å². The van der Waals surface area contributed by atoms with Crippen LogP contribution in [0.2, 0.25) is 0 Å². The van der Waals surface area contributed by atoms with Gasteiger partial charge in [-0.15, -0.1) is 24.0 Å². The quantitative estimate of drug-likeness (QED) is 0.313. The Kier molecular flexibility index (Phi) is 10.5. The number of aliphatic imine (C=N–C) groups is 1. The van der Waals surface area contributed by atoms with E-state index in [-0.39, 0.29) is 24.0 Å². The minimum Gasteiger partial charge on any atom is -0.357 e. The highest BCUT2D eigenvalue weighted by atomic mass is 127. The first-order valence-electron chi connectivity index (χ1n) is 7.75. The van der Waals surface area contributed by atoms with Crippen LogP contribution < -0.4 is 10.0 Å². The zero-order valence-corrected chi connectivity index (χ0v) is 20.1. The van der Waals surface area contributed by atoms with Crippen molar-refractivity contribution in [2.24, 2.45) is 4.99 Å². The molecule has 6 nitrogen and oxygen atoms in total. The van der Waals surface area contributed by atoms with Gasteiger partial charge in [-0.05, 0) is 38.5 Å². The van der Waals surface area contributed by atoms with Crippen LogP contribution in [0.5, 0.6) is 0 Å². The maximum Gasteiger partial charge on any atom is 0.209 e. The molecule has 0 unspecified atom stereocenters. The highest BCUT2D eigenvalue weighted by Gasteiger charge is 2.22. The van der Waals surface area contributed by atoms with Crippen molar-refractivity contribution in [3.63, 3.8) is 0 Å². The summed E-state index contributed by atoms with van der Waals surface area (Å²) in [5.41, 5.74) is 0.520. The Morgan fingerprint density at radius 1 is 1.28 bits per heavy atom. The molecule has 9 heteroatoms. The lowest BCUT2D eigenvalue weighted by Crippen LogP contribution is -2.46. The summed E-state index contributed by atoms with van der Waals surface area (Å²) in [6.07, 6.45) is 1.16. The molecule has 0 aliphatic carbocycles. The van der Waals surface area contributed by atoms with Gasteiger partial charge < -0.3 is 10.2 Å². The third kappa shape index (κ3) is 10.4. The predicted octanol–water partition coefficient (Wildman–Crippen LogP) is 2.79. The van der Waals surface area contributed by atoms with Gasteiger partial charge in [0.25, 0.3) is 0 Å². The molecular weight excluding hydrogens is 519 g/mol. The SMILES string of the molecule is CCNC(=NCC(C)(C)NS(C)(=O)=O)N(C)Cc1ccc(Br)cc1.I. The molecule has 0 fully saturated rings. The van der Waals surface area contributed by atoms with Crippen molar-refractivity contribution < 1.29 is 8.42 Å². The number of nitrogens with one attached hydrogen (secondary N) is 2. The monoisotopic (exact) mass is 546 g/mol. The van der Waals surface area contributed by atoms with Crippen molar-refractivity contribution in [3.05, 3.63) is 34.3 Å². The highest BCUT2D eigenvalue weighted by molar-refractivity contribution is 14.0. The number of sulfonamides is 1. The van der Waals surface area contributed by atoms with Crippen molar-refractivity contribution >= 4 is 55.9 Å². The first-order valence-corrected chi connectivity index (χ1v) is 10.4. The number of rotatable bonds is 7. The molecule has 0 radical (unpaired) electrons. The molecule has 0 aliphatic heterocycles. The molecule has 144 valence electrons. The summed E-state index contributed by atoms with van der Waals surface area (Å²) in [6.45, 7) is 7.42. The zero-order valence-electron chi connectivity index (χ0n) is 15.3. The molecular formula is C16H28BrIN4O2S. The third-order valence-electron chi connectivity index (χ3n) is 3.12. The molecule has 1 rings (SSSR count). The third-order valence-corrected chi connectivity index (χ3v) is 4.57. The van der Waals surface area contributed by atoms with E-state index in [9.17, 15) is 8.42 Å². The number of nitrogens with zero attached hydrogens (tertiary/aromatic N) is 2. The summed E-state index contributed by atoms with van der Waals surface area (Å²) in [7, 11) is -1.31. The lowest BCUT2D eigenvalue weighted by Gasteiger charge is -2.26. The fourth-order valence-corrected chi connectivity index (χ4v) is 3.55. The Hall–Kier alpha value is -0.390. The Morgan fingerprint density at radius 3 is 2.32 bits per heavy atom. The smallest absolute Gasteiger partial charge is 0.209 e. The van der Waals surface area contributed by atoms with E-state index in [0.717, 1.165) is 23.2 Å². The average molecular weight is 547 g/mol. The fourth-order valence-electron chi connectivity index (χ4n) is 2.21. The van der Waals surface area contributed by atoms with Gasteiger partial charge >= 0.3 is 0 Å². The predicted molar refractivity (Wildman–Crippen MR) is 119 cm³/mol. The van der Waals surface area contributed by atoms with Crippen molar-refractivity contribution in [2.75, 3.05) is 26.4 Å². The first kappa shape index (κ1) is 24.6. The zero-order chi connectivity index (χ0) is 18.4. The van der Waals surface area contributed by atoms with Crippen LogP contribution >= 0.6 is 39.9 Å². The summed E-state index contributed by atoms with van der Waals surface area (Å²) in [6, 6.07) is 8.12. The topological polar surface area (TPSA) is 73.8 Å². The molecule has 0 bridgehead atoms. The standard InChI is InChI=1S/C16H27BrN4O2S.HI/c1-6-18-15(19-12-16(2,3)20-24(5,22)23)21(4)11-13-7-9-14(17)10-8-13;/h7-10,20H,6,11-12H2,1-5H3,(H,18,19);1H. The average Bonchev–Trinajstić information content (AvgIpc) is 2.43. The summed E-state index contributed by atoms with van der Waals surface area (Å²) in [5, 5.41) is 3.24. The molecule has 0 atom stereocenters. The number of hydrogen-bond acceptors (Lipinski definition) is 3. The van der Waals surface area contributed by atoms with Crippen LogP contribution in [0.1, 0.15) is 26.3 Å². The Balaban J connectivity index is 0.00000576. The van der Waals surface area contributed by atoms with E-state index in [1.807, 2.05) is 44.9 Å². The van der Waals surface area contributed by atoms with Gasteiger partial charge in [-0.2, -0.15) is 0 Å². The van der Waals surface area contributed by atoms with E-state index < -0.39 is 15.6 Å². The molecule has 1 aromatic rings. The van der Waals surface area contributed by atoms with Crippen LogP contribution in [0.15, 0.2) is 33.7 Å². The molecule has 0 saturated carbocycles. The highest BCUT2D eigenvalue weighted by Crippen LogP contribution is 2.12. The molecule has 0 saturated heterocycles. The van der Waals surface area contributed by atoms with Crippen LogP contribution in [-0.2, 0) is 16.6 Å². The van der Waals surface area contributed by atoms with E-state index in [4.69, 9.17) is 0 Å². The van der Waals surface area contributed by atoms with Crippen LogP contribution in [0.4, 0.5) is 0 Å². The second-order valence-corrected chi connectivity index (χ2v) is 9.07. The van der Waals surface area contributed by atoms with E-state index in [2.05, 4.69) is 43.1 Å². The van der Waals surface area contributed by atoms with Gasteiger partial charge in [0.15, 0.2) is 5.96 Å². The Bertz CT molecular complexity index is 663. The molecule has 25 heavy (non-hydrogen) atoms. The van der Waals surface area contributed by atoms with Crippen LogP contribution in [-0.4, -0.2) is 51.2 Å².